The molecule has 15 heavy (non-hydrogen) atoms. The van der Waals surface area contributed by atoms with E-state index in [1.807, 2.05) is 6.92 Å². The van der Waals surface area contributed by atoms with Crippen LogP contribution in [0.4, 0.5) is 5.69 Å². The monoisotopic (exact) mass is 206 g/mol. The van der Waals surface area contributed by atoms with Crippen LogP contribution in [-0.4, -0.2) is 21.7 Å². The number of nitrogens with zero attached hydrogens (tertiary/aromatic N) is 2. The molecule has 1 rings (SSSR count). The summed E-state index contributed by atoms with van der Waals surface area (Å²) in [5.74, 6) is 2.22. The molecular weight excluding hydrogens is 192 g/mol. The molecule has 80 valence electrons. The van der Waals surface area contributed by atoms with Crippen molar-refractivity contribution >= 4 is 11.6 Å². The Bertz CT molecular complexity index is 383. The van der Waals surface area contributed by atoms with E-state index in [4.69, 9.17) is 12.2 Å². The highest BCUT2D eigenvalue weighted by Crippen LogP contribution is 2.09. The molecule has 1 heterocycles. The van der Waals surface area contributed by atoms with Crippen molar-refractivity contribution in [3.05, 3.63) is 11.9 Å². The molecule has 0 aliphatic heterocycles. The first kappa shape index (κ1) is 11.1. The van der Waals surface area contributed by atoms with Gasteiger partial charge in [0.05, 0.1) is 11.9 Å². The van der Waals surface area contributed by atoms with Crippen LogP contribution in [0.5, 0.6) is 0 Å². The second kappa shape index (κ2) is 4.51. The first-order valence-electron chi connectivity index (χ1n) is 4.58. The fraction of sp³-hybridized carbons (Fsp3) is 0.400. The van der Waals surface area contributed by atoms with Gasteiger partial charge in [-0.05, 0) is 6.92 Å². The minimum Gasteiger partial charge on any atom is -0.396 e. The van der Waals surface area contributed by atoms with E-state index >= 15 is 0 Å². The molecule has 0 saturated heterocycles. The number of amides is 1. The third-order valence-electron chi connectivity index (χ3n) is 1.98. The summed E-state index contributed by atoms with van der Waals surface area (Å²) in [5.41, 5.74) is 6.33. The fourth-order valence-electron chi connectivity index (χ4n) is 1.25. The number of terminal acetylenes is 1. The number of hydrogen-bond donors (Lipinski definition) is 2. The van der Waals surface area contributed by atoms with Crippen molar-refractivity contribution in [2.45, 2.75) is 19.4 Å². The Morgan fingerprint density at radius 1 is 1.87 bits per heavy atom. The van der Waals surface area contributed by atoms with Crippen molar-refractivity contribution in [3.8, 4) is 12.3 Å². The van der Waals surface area contributed by atoms with Crippen molar-refractivity contribution in [1.29, 1.82) is 0 Å². The molecule has 1 amide bonds. The summed E-state index contributed by atoms with van der Waals surface area (Å²) in [5, 5.41) is 6.62. The predicted octanol–water partition coefficient (Wildman–Crippen LogP) is 0.144. The van der Waals surface area contributed by atoms with Crippen molar-refractivity contribution in [3.63, 3.8) is 0 Å². The summed E-state index contributed by atoms with van der Waals surface area (Å²) in [7, 11) is 1.66. The lowest BCUT2D eigenvalue weighted by atomic mass is 10.2. The molecule has 5 nitrogen and oxygen atoms in total. The van der Waals surface area contributed by atoms with Gasteiger partial charge in [0.15, 0.2) is 0 Å². The van der Waals surface area contributed by atoms with Gasteiger partial charge in [-0.15, -0.1) is 12.3 Å². The maximum Gasteiger partial charge on any atom is 0.271 e. The van der Waals surface area contributed by atoms with Gasteiger partial charge in [0.25, 0.3) is 5.91 Å². The lowest BCUT2D eigenvalue weighted by molar-refractivity contribution is 0.0932. The minimum atomic E-state index is -0.254. The Labute approximate surface area is 88.6 Å². The lowest BCUT2D eigenvalue weighted by Crippen LogP contribution is -2.33. The second-order valence-corrected chi connectivity index (χ2v) is 3.35. The van der Waals surface area contributed by atoms with Gasteiger partial charge in [0, 0.05) is 19.5 Å². The molecule has 0 fully saturated rings. The number of anilines is 1. The van der Waals surface area contributed by atoms with E-state index in [2.05, 4.69) is 16.3 Å². The molecule has 3 N–H and O–H groups in total. The van der Waals surface area contributed by atoms with Crippen LogP contribution in [0.2, 0.25) is 0 Å². The molecule has 1 unspecified atom stereocenters. The molecule has 0 aromatic carbocycles. The van der Waals surface area contributed by atoms with E-state index in [1.165, 1.54) is 10.9 Å². The Kier molecular flexibility index (Phi) is 3.34. The lowest BCUT2D eigenvalue weighted by Gasteiger charge is -2.11. The van der Waals surface area contributed by atoms with Crippen molar-refractivity contribution < 1.29 is 4.79 Å². The van der Waals surface area contributed by atoms with Crippen LogP contribution in [0.3, 0.4) is 0 Å². The van der Waals surface area contributed by atoms with Crippen molar-refractivity contribution in [2.24, 2.45) is 7.05 Å². The van der Waals surface area contributed by atoms with Crippen molar-refractivity contribution in [2.75, 3.05) is 5.73 Å². The molecule has 0 radical (unpaired) electrons. The predicted molar refractivity (Wildman–Crippen MR) is 58.0 cm³/mol. The van der Waals surface area contributed by atoms with Gasteiger partial charge >= 0.3 is 0 Å². The first-order valence-corrected chi connectivity index (χ1v) is 4.58. The topological polar surface area (TPSA) is 72.9 Å². The standard InChI is InChI=1S/C10H14N4O/c1-4-5-7(2)13-10(15)9-8(11)6-12-14(9)3/h1,6-7H,5,11H2,2-3H3,(H,13,15). The molecule has 0 bridgehead atoms. The number of hydrogen-bond acceptors (Lipinski definition) is 3. The highest BCUT2D eigenvalue weighted by Gasteiger charge is 2.16. The molecule has 0 aliphatic carbocycles. The Morgan fingerprint density at radius 2 is 2.53 bits per heavy atom. The van der Waals surface area contributed by atoms with Gasteiger partial charge in [0.1, 0.15) is 5.69 Å². The number of nitrogens with two attached hydrogens (primary N) is 1. The van der Waals surface area contributed by atoms with Gasteiger partial charge in [-0.1, -0.05) is 0 Å². The van der Waals surface area contributed by atoms with Gasteiger partial charge in [-0.3, -0.25) is 9.48 Å². The normalized spacial score (nSPS) is 11.8. The number of aryl methyl sites for hydroxylation is 1. The molecule has 0 aliphatic rings. The first-order chi connectivity index (χ1) is 7.06. The largest absolute Gasteiger partial charge is 0.396 e. The SMILES string of the molecule is C#CCC(C)NC(=O)c1c(N)cnn1C. The van der Waals surface area contributed by atoms with Crippen LogP contribution in [0.1, 0.15) is 23.8 Å². The maximum atomic E-state index is 11.7. The third kappa shape index (κ3) is 2.50. The van der Waals surface area contributed by atoms with Gasteiger partial charge in [-0.2, -0.15) is 5.10 Å². The zero-order valence-electron chi connectivity index (χ0n) is 8.82. The van der Waals surface area contributed by atoms with E-state index in [0.29, 0.717) is 17.8 Å². The summed E-state index contributed by atoms with van der Waals surface area (Å²) in [6, 6.07) is -0.0724. The zero-order valence-corrected chi connectivity index (χ0v) is 8.82. The Hall–Kier alpha value is -1.96. The Balaban J connectivity index is 2.74. The number of rotatable bonds is 3. The average Bonchev–Trinajstić information content (AvgIpc) is 2.46. The molecule has 1 atom stereocenters. The number of carbonyl (C=O) groups excluding carboxylic acids is 1. The highest BCUT2D eigenvalue weighted by molar-refractivity contribution is 5.97. The van der Waals surface area contributed by atoms with E-state index in [0.717, 1.165) is 0 Å². The molecule has 0 spiro atoms. The smallest absolute Gasteiger partial charge is 0.271 e. The quantitative estimate of drug-likeness (QED) is 0.691. The van der Waals surface area contributed by atoms with E-state index < -0.39 is 0 Å². The number of nitrogen functional groups attached to an aromatic ring is 1. The molecule has 1 aromatic rings. The van der Waals surface area contributed by atoms with Crippen molar-refractivity contribution in [1.82, 2.24) is 15.1 Å². The Morgan fingerprint density at radius 3 is 3.00 bits per heavy atom. The summed E-state index contributed by atoms with van der Waals surface area (Å²) in [4.78, 5) is 11.7. The van der Waals surface area contributed by atoms with Crippen LogP contribution in [0, 0.1) is 12.3 Å². The summed E-state index contributed by atoms with van der Waals surface area (Å²) < 4.78 is 1.44. The van der Waals surface area contributed by atoms with Gasteiger partial charge in [-0.25, -0.2) is 0 Å². The number of carbonyl (C=O) groups is 1. The fourth-order valence-corrected chi connectivity index (χ4v) is 1.25. The summed E-state index contributed by atoms with van der Waals surface area (Å²) in [6.45, 7) is 1.84. The summed E-state index contributed by atoms with van der Waals surface area (Å²) in [6.07, 6.45) is 7.07. The number of aromatic nitrogens is 2. The van der Waals surface area contributed by atoms with Crippen LogP contribution >= 0.6 is 0 Å². The molecule has 5 heteroatoms. The van der Waals surface area contributed by atoms with Crippen LogP contribution < -0.4 is 11.1 Å². The minimum absolute atomic E-state index is 0.0724. The van der Waals surface area contributed by atoms with E-state index in [-0.39, 0.29) is 11.9 Å². The number of nitrogens with one attached hydrogen (secondary N) is 1. The van der Waals surface area contributed by atoms with Crippen LogP contribution in [0.15, 0.2) is 6.20 Å². The second-order valence-electron chi connectivity index (χ2n) is 3.35. The molecular formula is C10H14N4O. The third-order valence-corrected chi connectivity index (χ3v) is 1.98. The average molecular weight is 206 g/mol. The highest BCUT2D eigenvalue weighted by atomic mass is 16.2. The zero-order chi connectivity index (χ0) is 11.4. The van der Waals surface area contributed by atoms with E-state index in [1.54, 1.807) is 7.05 Å². The van der Waals surface area contributed by atoms with Crippen LogP contribution in [0.25, 0.3) is 0 Å². The molecule has 1 aromatic heterocycles. The molecule has 0 saturated carbocycles. The van der Waals surface area contributed by atoms with E-state index in [9.17, 15) is 4.79 Å². The van der Waals surface area contributed by atoms with Gasteiger partial charge < -0.3 is 11.1 Å². The van der Waals surface area contributed by atoms with Gasteiger partial charge in [0.2, 0.25) is 0 Å². The van der Waals surface area contributed by atoms with Crippen LogP contribution in [-0.2, 0) is 7.05 Å². The summed E-state index contributed by atoms with van der Waals surface area (Å²) >= 11 is 0. The maximum absolute atomic E-state index is 11.7.